The average molecular weight is 311 g/mol. The van der Waals surface area contributed by atoms with Crippen LogP contribution in [0.2, 0.25) is 0 Å². The van der Waals surface area contributed by atoms with Gasteiger partial charge in [-0.05, 0) is 18.6 Å². The summed E-state index contributed by atoms with van der Waals surface area (Å²) in [5.74, 6) is 1.53. The quantitative estimate of drug-likeness (QED) is 0.757. The maximum atomic E-state index is 11.9. The number of rotatable bonds is 6. The Kier molecular flexibility index (Phi) is 4.52. The van der Waals surface area contributed by atoms with Crippen LogP contribution in [0, 0.1) is 6.92 Å². The number of aryl methyl sites for hydroxylation is 2. The molecule has 6 nitrogen and oxygen atoms in total. The van der Waals surface area contributed by atoms with Crippen molar-refractivity contribution in [2.75, 3.05) is 0 Å². The summed E-state index contributed by atoms with van der Waals surface area (Å²) >= 11 is 0. The van der Waals surface area contributed by atoms with E-state index in [0.29, 0.717) is 31.2 Å². The van der Waals surface area contributed by atoms with Gasteiger partial charge < -0.3 is 14.2 Å². The van der Waals surface area contributed by atoms with Crippen molar-refractivity contribution in [3.05, 3.63) is 59.9 Å². The predicted molar refractivity (Wildman–Crippen MR) is 83.3 cm³/mol. The molecule has 23 heavy (non-hydrogen) atoms. The minimum absolute atomic E-state index is 0.0481. The molecule has 0 unspecified atom stereocenters. The van der Waals surface area contributed by atoms with Gasteiger partial charge in [-0.3, -0.25) is 4.79 Å². The Morgan fingerprint density at radius 2 is 2.00 bits per heavy atom. The van der Waals surface area contributed by atoms with Crippen LogP contribution >= 0.6 is 0 Å². The number of nitrogens with one attached hydrogen (secondary N) is 1. The third kappa shape index (κ3) is 3.85. The van der Waals surface area contributed by atoms with Crippen molar-refractivity contribution in [2.24, 2.45) is 0 Å². The molecular formula is C17H17N3O3. The first-order valence-corrected chi connectivity index (χ1v) is 7.40. The summed E-state index contributed by atoms with van der Waals surface area (Å²) in [4.78, 5) is 11.9. The van der Waals surface area contributed by atoms with Crippen LogP contribution in [0.4, 0.5) is 0 Å². The maximum Gasteiger partial charge on any atom is 0.251 e. The van der Waals surface area contributed by atoms with Gasteiger partial charge >= 0.3 is 0 Å². The monoisotopic (exact) mass is 311 g/mol. The second kappa shape index (κ2) is 6.91. The zero-order chi connectivity index (χ0) is 16.1. The van der Waals surface area contributed by atoms with Crippen molar-refractivity contribution in [3.8, 4) is 11.5 Å². The molecule has 6 heteroatoms. The minimum atomic E-state index is -0.0481. The molecule has 2 heterocycles. The van der Waals surface area contributed by atoms with E-state index in [1.165, 1.54) is 0 Å². The van der Waals surface area contributed by atoms with Crippen LogP contribution in [0.25, 0.3) is 11.5 Å². The molecule has 0 radical (unpaired) electrons. The SMILES string of the molecule is Cc1occc1-c1nnc(CCC(=O)NCc2ccccc2)o1. The van der Waals surface area contributed by atoms with E-state index in [4.69, 9.17) is 8.83 Å². The van der Waals surface area contributed by atoms with E-state index < -0.39 is 0 Å². The average Bonchev–Trinajstić information content (AvgIpc) is 3.20. The molecule has 0 atom stereocenters. The third-order valence-electron chi connectivity index (χ3n) is 3.45. The molecule has 0 saturated carbocycles. The molecule has 0 fully saturated rings. The lowest BCUT2D eigenvalue weighted by atomic mass is 10.2. The zero-order valence-corrected chi connectivity index (χ0v) is 12.8. The number of hydrogen-bond acceptors (Lipinski definition) is 5. The lowest BCUT2D eigenvalue weighted by molar-refractivity contribution is -0.121. The standard InChI is InChI=1S/C17H17N3O3/c1-12-14(9-10-22-12)17-20-19-16(23-17)8-7-15(21)18-11-13-5-3-2-4-6-13/h2-6,9-10H,7-8,11H2,1H3,(H,18,21). The maximum absolute atomic E-state index is 11.9. The lowest BCUT2D eigenvalue weighted by Crippen LogP contribution is -2.22. The number of amides is 1. The van der Waals surface area contributed by atoms with Crippen LogP contribution in [0.15, 0.2) is 51.5 Å². The highest BCUT2D eigenvalue weighted by molar-refractivity contribution is 5.76. The van der Waals surface area contributed by atoms with Crippen LogP contribution < -0.4 is 5.32 Å². The molecule has 0 aliphatic carbocycles. The second-order valence-corrected chi connectivity index (χ2v) is 5.15. The van der Waals surface area contributed by atoms with E-state index in [2.05, 4.69) is 15.5 Å². The molecule has 0 bridgehead atoms. The van der Waals surface area contributed by atoms with E-state index in [9.17, 15) is 4.79 Å². The summed E-state index contributed by atoms with van der Waals surface area (Å²) in [5, 5.41) is 10.8. The van der Waals surface area contributed by atoms with Gasteiger partial charge in [-0.15, -0.1) is 10.2 Å². The first-order chi connectivity index (χ1) is 11.2. The van der Waals surface area contributed by atoms with E-state index in [0.717, 1.165) is 16.9 Å². The summed E-state index contributed by atoms with van der Waals surface area (Å²) in [6.45, 7) is 2.35. The minimum Gasteiger partial charge on any atom is -0.469 e. The van der Waals surface area contributed by atoms with Crippen LogP contribution in [0.1, 0.15) is 23.6 Å². The Balaban J connectivity index is 1.50. The van der Waals surface area contributed by atoms with Crippen LogP contribution in [-0.2, 0) is 17.8 Å². The molecule has 2 aromatic heterocycles. The van der Waals surface area contributed by atoms with Crippen LogP contribution in [0.5, 0.6) is 0 Å². The molecule has 1 N–H and O–H groups in total. The molecule has 1 aromatic carbocycles. The van der Waals surface area contributed by atoms with E-state index in [1.807, 2.05) is 37.3 Å². The Hall–Kier alpha value is -2.89. The Morgan fingerprint density at radius 1 is 1.17 bits per heavy atom. The molecule has 0 aliphatic heterocycles. The summed E-state index contributed by atoms with van der Waals surface area (Å²) in [6, 6.07) is 11.5. The molecule has 3 rings (SSSR count). The molecule has 1 amide bonds. The largest absolute Gasteiger partial charge is 0.469 e. The third-order valence-corrected chi connectivity index (χ3v) is 3.45. The first kappa shape index (κ1) is 15.0. The number of carbonyl (C=O) groups is 1. The highest BCUT2D eigenvalue weighted by atomic mass is 16.4. The summed E-state index contributed by atoms with van der Waals surface area (Å²) < 4.78 is 10.8. The topological polar surface area (TPSA) is 81.2 Å². The summed E-state index contributed by atoms with van der Waals surface area (Å²) in [5.41, 5.74) is 1.84. The van der Waals surface area contributed by atoms with Crippen molar-refractivity contribution in [2.45, 2.75) is 26.3 Å². The van der Waals surface area contributed by atoms with Gasteiger partial charge in [-0.2, -0.15) is 0 Å². The molecule has 118 valence electrons. The molecule has 0 aliphatic rings. The van der Waals surface area contributed by atoms with Gasteiger partial charge in [0.05, 0.1) is 11.8 Å². The van der Waals surface area contributed by atoms with E-state index in [1.54, 1.807) is 12.3 Å². The smallest absolute Gasteiger partial charge is 0.251 e. The molecule has 3 aromatic rings. The fourth-order valence-corrected chi connectivity index (χ4v) is 2.18. The fraction of sp³-hybridized carbons (Fsp3) is 0.235. The van der Waals surface area contributed by atoms with Gasteiger partial charge in [-0.25, -0.2) is 0 Å². The number of nitrogens with zero attached hydrogens (tertiary/aromatic N) is 2. The van der Waals surface area contributed by atoms with Crippen molar-refractivity contribution in [3.63, 3.8) is 0 Å². The first-order valence-electron chi connectivity index (χ1n) is 7.40. The van der Waals surface area contributed by atoms with Crippen molar-refractivity contribution in [1.29, 1.82) is 0 Å². The van der Waals surface area contributed by atoms with Crippen molar-refractivity contribution >= 4 is 5.91 Å². The fourth-order valence-electron chi connectivity index (χ4n) is 2.18. The number of carbonyl (C=O) groups excluding carboxylic acids is 1. The van der Waals surface area contributed by atoms with Crippen molar-refractivity contribution in [1.82, 2.24) is 15.5 Å². The highest BCUT2D eigenvalue weighted by Gasteiger charge is 2.13. The van der Waals surface area contributed by atoms with E-state index in [-0.39, 0.29) is 5.91 Å². The van der Waals surface area contributed by atoms with Crippen LogP contribution in [-0.4, -0.2) is 16.1 Å². The van der Waals surface area contributed by atoms with Gasteiger partial charge in [-0.1, -0.05) is 30.3 Å². The Labute approximate surface area is 133 Å². The Bertz CT molecular complexity index is 777. The second-order valence-electron chi connectivity index (χ2n) is 5.15. The molecule has 0 saturated heterocycles. The van der Waals surface area contributed by atoms with Gasteiger partial charge in [0.15, 0.2) is 0 Å². The summed E-state index contributed by atoms with van der Waals surface area (Å²) in [6.07, 6.45) is 2.29. The lowest BCUT2D eigenvalue weighted by Gasteiger charge is -2.03. The highest BCUT2D eigenvalue weighted by Crippen LogP contribution is 2.22. The molecular weight excluding hydrogens is 294 g/mol. The normalized spacial score (nSPS) is 10.7. The van der Waals surface area contributed by atoms with E-state index >= 15 is 0 Å². The number of aromatic nitrogens is 2. The summed E-state index contributed by atoms with van der Waals surface area (Å²) in [7, 11) is 0. The number of hydrogen-bond donors (Lipinski definition) is 1. The van der Waals surface area contributed by atoms with Gasteiger partial charge in [0, 0.05) is 19.4 Å². The predicted octanol–water partition coefficient (Wildman–Crippen LogP) is 2.89. The molecule has 0 spiro atoms. The van der Waals surface area contributed by atoms with Gasteiger partial charge in [0.25, 0.3) is 5.89 Å². The number of benzene rings is 1. The van der Waals surface area contributed by atoms with Crippen molar-refractivity contribution < 1.29 is 13.6 Å². The van der Waals surface area contributed by atoms with Gasteiger partial charge in [0.2, 0.25) is 11.8 Å². The van der Waals surface area contributed by atoms with Gasteiger partial charge in [0.1, 0.15) is 5.76 Å². The number of furan rings is 1. The van der Waals surface area contributed by atoms with Crippen LogP contribution in [0.3, 0.4) is 0 Å². The zero-order valence-electron chi connectivity index (χ0n) is 12.8. The Morgan fingerprint density at radius 3 is 2.74 bits per heavy atom.